The van der Waals surface area contributed by atoms with Crippen molar-refractivity contribution < 1.29 is 4.48 Å². The zero-order chi connectivity index (χ0) is 22.3. The van der Waals surface area contributed by atoms with E-state index >= 15 is 0 Å². The molecule has 4 rings (SSSR count). The van der Waals surface area contributed by atoms with Gasteiger partial charge in [0.15, 0.2) is 0 Å². The lowest BCUT2D eigenvalue weighted by atomic mass is 9.44. The Labute approximate surface area is 195 Å². The van der Waals surface area contributed by atoms with Gasteiger partial charge in [-0.1, -0.05) is 33.6 Å². The van der Waals surface area contributed by atoms with Crippen LogP contribution in [0.5, 0.6) is 0 Å². The highest BCUT2D eigenvalue weighted by molar-refractivity contribution is 5.09. The van der Waals surface area contributed by atoms with E-state index in [-0.39, 0.29) is 0 Å². The largest absolute Gasteiger partial charge is 0.324 e. The minimum absolute atomic E-state index is 0.657. The molecule has 0 N–H and O–H groups in total. The molecule has 0 heterocycles. The van der Waals surface area contributed by atoms with Gasteiger partial charge in [0.05, 0.1) is 26.2 Å². The fourth-order valence-corrected chi connectivity index (χ4v) is 10.4. The van der Waals surface area contributed by atoms with Gasteiger partial charge in [-0.05, 0) is 131 Å². The van der Waals surface area contributed by atoms with Crippen LogP contribution in [-0.2, 0) is 0 Å². The van der Waals surface area contributed by atoms with Crippen molar-refractivity contribution >= 4 is 0 Å². The molecule has 0 aromatic rings. The second-order valence-electron chi connectivity index (χ2n) is 13.3. The van der Waals surface area contributed by atoms with Crippen LogP contribution in [0.25, 0.3) is 0 Å². The maximum atomic E-state index is 2.77. The van der Waals surface area contributed by atoms with Gasteiger partial charge in [-0.2, -0.15) is 0 Å². The zero-order valence-corrected chi connectivity index (χ0v) is 22.2. The lowest BCUT2D eigenvalue weighted by Crippen LogP contribution is -2.53. The van der Waals surface area contributed by atoms with Gasteiger partial charge in [0.1, 0.15) is 0 Å². The minimum atomic E-state index is 0.657. The van der Waals surface area contributed by atoms with Gasteiger partial charge in [0.25, 0.3) is 0 Å². The first-order valence-corrected chi connectivity index (χ1v) is 14.7. The third-order valence-electron chi connectivity index (χ3n) is 12.6. The molecule has 4 fully saturated rings. The van der Waals surface area contributed by atoms with E-state index in [9.17, 15) is 0 Å². The molecule has 4 aliphatic carbocycles. The summed E-state index contributed by atoms with van der Waals surface area (Å²) in [5.74, 6) is 6.19. The summed E-state index contributed by atoms with van der Waals surface area (Å²) in [5, 5.41) is 0. The fraction of sp³-hybridized carbons (Fsp3) is 1.00. The molecule has 8 atom stereocenters. The van der Waals surface area contributed by atoms with Crippen LogP contribution in [0.2, 0.25) is 0 Å². The van der Waals surface area contributed by atoms with Crippen molar-refractivity contribution in [1.82, 2.24) is 0 Å². The van der Waals surface area contributed by atoms with Crippen molar-refractivity contribution in [1.29, 1.82) is 0 Å². The quantitative estimate of drug-likeness (QED) is 0.339. The first kappa shape index (κ1) is 24.1. The van der Waals surface area contributed by atoms with E-state index in [1.54, 1.807) is 51.4 Å². The Morgan fingerprint density at radius 2 is 1.48 bits per heavy atom. The Hall–Kier alpha value is -0.0400. The minimum Gasteiger partial charge on any atom is -0.324 e. The fourth-order valence-electron chi connectivity index (χ4n) is 10.4. The van der Waals surface area contributed by atoms with Gasteiger partial charge in [0, 0.05) is 0 Å². The van der Waals surface area contributed by atoms with E-state index in [0.717, 1.165) is 35.5 Å². The maximum Gasteiger partial charge on any atom is 0.0786 e. The average Bonchev–Trinajstić information content (AvgIpc) is 3.14. The highest BCUT2D eigenvalue weighted by atomic mass is 15.3. The van der Waals surface area contributed by atoms with Crippen molar-refractivity contribution in [3.8, 4) is 0 Å². The summed E-state index contributed by atoms with van der Waals surface area (Å²) in [5.41, 5.74) is 1.36. The van der Waals surface area contributed by atoms with Gasteiger partial charge in [0.2, 0.25) is 0 Å². The highest BCUT2D eigenvalue weighted by Gasteiger charge is 2.60. The summed E-state index contributed by atoms with van der Waals surface area (Å²) >= 11 is 0. The number of hydrogen-bond donors (Lipinski definition) is 0. The molecular formula is C30H56N+. The molecule has 4 saturated carbocycles. The summed E-state index contributed by atoms with van der Waals surface area (Å²) in [6.45, 7) is 20.7. The summed E-state index contributed by atoms with van der Waals surface area (Å²) in [6.07, 6.45) is 18.4. The van der Waals surface area contributed by atoms with Crippen LogP contribution >= 0.6 is 0 Å². The van der Waals surface area contributed by atoms with Gasteiger partial charge < -0.3 is 4.48 Å². The van der Waals surface area contributed by atoms with Crippen molar-refractivity contribution in [2.24, 2.45) is 46.3 Å². The summed E-state index contributed by atoms with van der Waals surface area (Å²) in [4.78, 5) is 0. The Morgan fingerprint density at radius 3 is 2.19 bits per heavy atom. The molecule has 0 aromatic carbocycles. The van der Waals surface area contributed by atoms with Gasteiger partial charge in [-0.15, -0.1) is 0 Å². The zero-order valence-electron chi connectivity index (χ0n) is 22.2. The number of fused-ring (bicyclic) bond motifs is 5. The molecule has 0 amide bonds. The summed E-state index contributed by atoms with van der Waals surface area (Å²) in [6, 6.07) is 0. The van der Waals surface area contributed by atoms with E-state index in [4.69, 9.17) is 0 Å². The Kier molecular flexibility index (Phi) is 7.23. The molecule has 1 nitrogen and oxygen atoms in total. The van der Waals surface area contributed by atoms with Crippen molar-refractivity contribution in [3.63, 3.8) is 0 Å². The molecule has 0 aromatic heterocycles. The monoisotopic (exact) mass is 430 g/mol. The molecule has 0 unspecified atom stereocenters. The Morgan fingerprint density at radius 1 is 0.774 bits per heavy atom. The molecule has 31 heavy (non-hydrogen) atoms. The molecule has 180 valence electrons. The van der Waals surface area contributed by atoms with Crippen molar-refractivity contribution in [3.05, 3.63) is 0 Å². The maximum absolute atomic E-state index is 2.77. The van der Waals surface area contributed by atoms with Crippen LogP contribution in [0.4, 0.5) is 0 Å². The summed E-state index contributed by atoms with van der Waals surface area (Å²) < 4.78 is 1.33. The standard InChI is InChI=1S/C30H56N/c1-7-31(8-2,9-3)22-12-13-23(4)26-17-18-27-25-16-15-24-14-10-11-20-29(24,5)28(25)19-21-30(26,27)6/h23-28H,7-22H2,1-6H3/q+1/t23-,24-,25+,26-,27+,28+,29+,30-/m1/s1. The molecule has 0 aliphatic heterocycles. The van der Waals surface area contributed by atoms with Gasteiger partial charge in [-0.3, -0.25) is 0 Å². The smallest absolute Gasteiger partial charge is 0.0786 e. The lowest BCUT2D eigenvalue weighted by Gasteiger charge is -2.61. The molecule has 1 heteroatoms. The van der Waals surface area contributed by atoms with E-state index in [1.165, 1.54) is 56.3 Å². The molecule has 0 spiro atoms. The lowest BCUT2D eigenvalue weighted by molar-refractivity contribution is -0.923. The second kappa shape index (κ2) is 9.31. The average molecular weight is 431 g/mol. The Balaban J connectivity index is 1.40. The van der Waals surface area contributed by atoms with E-state index in [2.05, 4.69) is 41.5 Å². The van der Waals surface area contributed by atoms with Crippen LogP contribution < -0.4 is 0 Å². The highest BCUT2D eigenvalue weighted by Crippen LogP contribution is 2.68. The van der Waals surface area contributed by atoms with E-state index in [1.807, 2.05) is 0 Å². The van der Waals surface area contributed by atoms with Crippen LogP contribution in [0.15, 0.2) is 0 Å². The van der Waals surface area contributed by atoms with Crippen LogP contribution in [0.3, 0.4) is 0 Å². The second-order valence-corrected chi connectivity index (χ2v) is 13.3. The molecule has 0 saturated heterocycles. The topological polar surface area (TPSA) is 0 Å². The normalized spacial score (nSPS) is 43.7. The third-order valence-corrected chi connectivity index (χ3v) is 12.6. The number of hydrogen-bond acceptors (Lipinski definition) is 0. The SMILES string of the molecule is CC[N+](CC)(CC)CCC[C@@H](C)[C@H]1CC[C@H]2[C@@H]3CC[C@H]4CCCC[C@]4(C)[C@H]3CC[C@]12C. The Bertz CT molecular complexity index is 585. The first-order chi connectivity index (χ1) is 14.8. The number of nitrogens with zero attached hydrogens (tertiary/aromatic N) is 1. The third kappa shape index (κ3) is 4.06. The van der Waals surface area contributed by atoms with Crippen molar-refractivity contribution in [2.75, 3.05) is 26.2 Å². The van der Waals surface area contributed by atoms with Crippen LogP contribution in [0.1, 0.15) is 119 Å². The first-order valence-electron chi connectivity index (χ1n) is 14.7. The van der Waals surface area contributed by atoms with Gasteiger partial charge >= 0.3 is 0 Å². The van der Waals surface area contributed by atoms with Crippen LogP contribution in [-0.4, -0.2) is 30.7 Å². The van der Waals surface area contributed by atoms with Crippen LogP contribution in [0, 0.1) is 46.3 Å². The predicted octanol–water partition coefficient (Wildman–Crippen LogP) is 8.33. The predicted molar refractivity (Wildman–Crippen MR) is 135 cm³/mol. The van der Waals surface area contributed by atoms with E-state index < -0.39 is 0 Å². The molecule has 0 radical (unpaired) electrons. The van der Waals surface area contributed by atoms with Gasteiger partial charge in [-0.25, -0.2) is 0 Å². The molecule has 4 aliphatic rings. The molecular weight excluding hydrogens is 374 g/mol. The number of quaternary nitrogens is 1. The number of rotatable bonds is 8. The van der Waals surface area contributed by atoms with E-state index in [0.29, 0.717) is 10.8 Å². The van der Waals surface area contributed by atoms with Crippen molar-refractivity contribution in [2.45, 2.75) is 119 Å². The summed E-state index contributed by atoms with van der Waals surface area (Å²) in [7, 11) is 0. The molecule has 0 bridgehead atoms.